The van der Waals surface area contributed by atoms with Crippen LogP contribution in [0, 0.1) is 0 Å². The van der Waals surface area contributed by atoms with E-state index in [0.717, 1.165) is 5.39 Å². The number of ether oxygens (including phenoxy) is 1. The summed E-state index contributed by atoms with van der Waals surface area (Å²) in [6.45, 7) is 1.60. The van der Waals surface area contributed by atoms with Crippen molar-refractivity contribution >= 4 is 22.8 Å². The molecule has 8 nitrogen and oxygen atoms in total. The van der Waals surface area contributed by atoms with Gasteiger partial charge in [0.2, 0.25) is 5.95 Å². The molecule has 3 rings (SSSR count). The van der Waals surface area contributed by atoms with Crippen molar-refractivity contribution in [3.63, 3.8) is 0 Å². The van der Waals surface area contributed by atoms with Crippen LogP contribution in [-0.4, -0.2) is 57.7 Å². The molecule has 2 aromatic heterocycles. The number of fused-ring (bicyclic) bond motifs is 1. The summed E-state index contributed by atoms with van der Waals surface area (Å²) in [6.07, 6.45) is 2.92. The number of hydrogen-bond acceptors (Lipinski definition) is 7. The van der Waals surface area contributed by atoms with Crippen molar-refractivity contribution in [2.75, 3.05) is 37.4 Å². The van der Waals surface area contributed by atoms with Gasteiger partial charge in [-0.25, -0.2) is 0 Å². The smallest absolute Gasteiger partial charge is 0.226 e. The summed E-state index contributed by atoms with van der Waals surface area (Å²) in [7, 11) is 1.76. The zero-order chi connectivity index (χ0) is 14.0. The molecule has 3 heterocycles. The number of aromatic nitrogens is 4. The minimum Gasteiger partial charge on any atom is -0.388 e. The van der Waals surface area contributed by atoms with Crippen LogP contribution in [0.15, 0.2) is 6.20 Å². The number of nitrogens with zero attached hydrogens (tertiary/aromatic N) is 3. The average Bonchev–Trinajstić information content (AvgIpc) is 2.93. The lowest BCUT2D eigenvalue weighted by molar-refractivity contribution is -0.0543. The van der Waals surface area contributed by atoms with Crippen LogP contribution in [-0.2, 0) is 4.74 Å². The van der Waals surface area contributed by atoms with E-state index in [1.54, 1.807) is 13.2 Å². The number of nitrogens with one attached hydrogen (secondary N) is 3. The maximum Gasteiger partial charge on any atom is 0.226 e. The fourth-order valence-corrected chi connectivity index (χ4v) is 2.26. The Balaban J connectivity index is 1.81. The summed E-state index contributed by atoms with van der Waals surface area (Å²) in [6, 6.07) is 0. The first-order valence-electron chi connectivity index (χ1n) is 6.63. The Hall–Kier alpha value is -1.93. The molecular weight excluding hydrogens is 260 g/mol. The first kappa shape index (κ1) is 13.1. The van der Waals surface area contributed by atoms with Crippen LogP contribution in [0.3, 0.4) is 0 Å². The van der Waals surface area contributed by atoms with Gasteiger partial charge in [-0.3, -0.25) is 5.10 Å². The molecule has 1 fully saturated rings. The number of rotatable bonds is 4. The fourth-order valence-electron chi connectivity index (χ4n) is 2.26. The molecule has 1 aliphatic rings. The molecule has 0 saturated carbocycles. The predicted molar refractivity (Wildman–Crippen MR) is 74.7 cm³/mol. The van der Waals surface area contributed by atoms with Gasteiger partial charge < -0.3 is 20.5 Å². The summed E-state index contributed by atoms with van der Waals surface area (Å²) >= 11 is 0. The molecule has 0 atom stereocenters. The summed E-state index contributed by atoms with van der Waals surface area (Å²) in [5.74, 6) is 1.16. The highest BCUT2D eigenvalue weighted by Gasteiger charge is 2.29. The molecule has 108 valence electrons. The third-order valence-electron chi connectivity index (χ3n) is 3.54. The van der Waals surface area contributed by atoms with Crippen molar-refractivity contribution in [2.45, 2.75) is 18.4 Å². The molecule has 2 aromatic rings. The van der Waals surface area contributed by atoms with Gasteiger partial charge in [0.05, 0.1) is 17.2 Å². The van der Waals surface area contributed by atoms with E-state index in [4.69, 9.17) is 4.74 Å². The second-order valence-electron chi connectivity index (χ2n) is 4.97. The largest absolute Gasteiger partial charge is 0.388 e. The van der Waals surface area contributed by atoms with Crippen LogP contribution in [0.25, 0.3) is 11.0 Å². The van der Waals surface area contributed by atoms with E-state index in [-0.39, 0.29) is 0 Å². The standard InChI is InChI=1S/C12H18N6O2/c1-13-11-16-9(8-6-15-18-10(8)17-11)14-7-12(19)2-4-20-5-3-12/h6,19H,2-5,7H2,1H3,(H3,13,14,15,16,17,18). The molecule has 0 amide bonds. The Kier molecular flexibility index (Phi) is 3.41. The summed E-state index contributed by atoms with van der Waals surface area (Å²) < 4.78 is 5.27. The molecule has 0 aliphatic carbocycles. The maximum absolute atomic E-state index is 10.5. The number of anilines is 2. The Morgan fingerprint density at radius 2 is 2.20 bits per heavy atom. The molecule has 0 unspecified atom stereocenters. The van der Waals surface area contributed by atoms with Crippen molar-refractivity contribution in [2.24, 2.45) is 0 Å². The van der Waals surface area contributed by atoms with E-state index in [1.165, 1.54) is 0 Å². The summed E-state index contributed by atoms with van der Waals surface area (Å²) in [5.41, 5.74) is -0.0928. The third-order valence-corrected chi connectivity index (χ3v) is 3.54. The zero-order valence-corrected chi connectivity index (χ0v) is 11.3. The fraction of sp³-hybridized carbons (Fsp3) is 0.583. The normalized spacial score (nSPS) is 18.1. The monoisotopic (exact) mass is 278 g/mol. The highest BCUT2D eigenvalue weighted by Crippen LogP contribution is 2.24. The maximum atomic E-state index is 10.5. The Bertz CT molecular complexity index is 593. The number of hydrogen-bond donors (Lipinski definition) is 4. The van der Waals surface area contributed by atoms with Gasteiger partial charge in [-0.1, -0.05) is 0 Å². The van der Waals surface area contributed by atoms with E-state index >= 15 is 0 Å². The molecule has 8 heteroatoms. The topological polar surface area (TPSA) is 108 Å². The Morgan fingerprint density at radius 1 is 1.40 bits per heavy atom. The molecule has 0 bridgehead atoms. The predicted octanol–water partition coefficient (Wildman–Crippen LogP) is 0.348. The summed E-state index contributed by atoms with van der Waals surface area (Å²) in [5, 5.41) is 24.2. The van der Waals surface area contributed by atoms with Crippen LogP contribution in [0.4, 0.5) is 11.8 Å². The molecule has 20 heavy (non-hydrogen) atoms. The van der Waals surface area contributed by atoms with Crippen LogP contribution in [0.2, 0.25) is 0 Å². The molecule has 0 spiro atoms. The number of aliphatic hydroxyl groups is 1. The molecule has 0 radical (unpaired) electrons. The van der Waals surface area contributed by atoms with E-state index in [9.17, 15) is 5.11 Å². The van der Waals surface area contributed by atoms with Crippen molar-refractivity contribution in [1.29, 1.82) is 0 Å². The highest BCUT2D eigenvalue weighted by atomic mass is 16.5. The lowest BCUT2D eigenvalue weighted by atomic mass is 9.94. The van der Waals surface area contributed by atoms with Gasteiger partial charge in [-0.05, 0) is 0 Å². The highest BCUT2D eigenvalue weighted by molar-refractivity contribution is 5.86. The van der Waals surface area contributed by atoms with Crippen molar-refractivity contribution in [3.05, 3.63) is 6.20 Å². The number of aromatic amines is 1. The van der Waals surface area contributed by atoms with E-state index in [2.05, 4.69) is 30.8 Å². The van der Waals surface area contributed by atoms with Gasteiger partial charge in [0, 0.05) is 39.6 Å². The third kappa shape index (κ3) is 2.52. The lowest BCUT2D eigenvalue weighted by Crippen LogP contribution is -2.42. The van der Waals surface area contributed by atoms with Crippen molar-refractivity contribution in [3.8, 4) is 0 Å². The molecule has 0 aromatic carbocycles. The van der Waals surface area contributed by atoms with Gasteiger partial charge in [0.1, 0.15) is 5.82 Å². The van der Waals surface area contributed by atoms with E-state index in [0.29, 0.717) is 50.0 Å². The quantitative estimate of drug-likeness (QED) is 0.639. The summed E-state index contributed by atoms with van der Waals surface area (Å²) in [4.78, 5) is 8.64. The molecular formula is C12H18N6O2. The molecule has 1 saturated heterocycles. The van der Waals surface area contributed by atoms with Crippen LogP contribution in [0.5, 0.6) is 0 Å². The Morgan fingerprint density at radius 3 is 2.95 bits per heavy atom. The SMILES string of the molecule is CNc1nc(NCC2(O)CCOCC2)c2cn[nH]c2n1. The van der Waals surface area contributed by atoms with Gasteiger partial charge in [-0.15, -0.1) is 0 Å². The Labute approximate surface area is 116 Å². The minimum atomic E-state index is -0.751. The second-order valence-corrected chi connectivity index (χ2v) is 4.97. The molecule has 4 N–H and O–H groups in total. The van der Waals surface area contributed by atoms with Gasteiger partial charge in [-0.2, -0.15) is 15.1 Å². The average molecular weight is 278 g/mol. The first-order valence-corrected chi connectivity index (χ1v) is 6.63. The van der Waals surface area contributed by atoms with Crippen molar-refractivity contribution in [1.82, 2.24) is 20.2 Å². The van der Waals surface area contributed by atoms with Crippen molar-refractivity contribution < 1.29 is 9.84 Å². The number of H-pyrrole nitrogens is 1. The van der Waals surface area contributed by atoms with E-state index < -0.39 is 5.60 Å². The van der Waals surface area contributed by atoms with Crippen LogP contribution < -0.4 is 10.6 Å². The lowest BCUT2D eigenvalue weighted by Gasteiger charge is -2.32. The second kappa shape index (κ2) is 5.22. The first-order chi connectivity index (χ1) is 9.70. The van der Waals surface area contributed by atoms with Gasteiger partial charge in [0.15, 0.2) is 5.65 Å². The van der Waals surface area contributed by atoms with Gasteiger partial charge in [0.25, 0.3) is 0 Å². The van der Waals surface area contributed by atoms with Crippen LogP contribution >= 0.6 is 0 Å². The molecule has 1 aliphatic heterocycles. The van der Waals surface area contributed by atoms with E-state index in [1.807, 2.05) is 0 Å². The minimum absolute atomic E-state index is 0.427. The zero-order valence-electron chi connectivity index (χ0n) is 11.3. The van der Waals surface area contributed by atoms with Crippen LogP contribution in [0.1, 0.15) is 12.8 Å². The van der Waals surface area contributed by atoms with Gasteiger partial charge >= 0.3 is 0 Å².